The van der Waals surface area contributed by atoms with E-state index in [0.717, 1.165) is 35.1 Å². The highest BCUT2D eigenvalue weighted by molar-refractivity contribution is 5.95. The van der Waals surface area contributed by atoms with Gasteiger partial charge in [0.2, 0.25) is 5.91 Å². The molecular weight excluding hydrogens is 368 g/mol. The van der Waals surface area contributed by atoms with E-state index in [9.17, 15) is 14.7 Å². The number of H-pyrrole nitrogens is 1. The Morgan fingerprint density at radius 3 is 2.52 bits per heavy atom. The molecule has 1 aliphatic rings. The zero-order chi connectivity index (χ0) is 20.4. The second kappa shape index (κ2) is 7.99. The van der Waals surface area contributed by atoms with E-state index < -0.39 is 17.8 Å². The van der Waals surface area contributed by atoms with Crippen LogP contribution in [0.1, 0.15) is 31.2 Å². The number of carbonyl (C=O) groups is 2. The van der Waals surface area contributed by atoms with Gasteiger partial charge in [-0.25, -0.2) is 0 Å². The molecule has 1 saturated carbocycles. The summed E-state index contributed by atoms with van der Waals surface area (Å²) in [5.41, 5.74) is 2.59. The fraction of sp³-hybridized carbons (Fsp3) is 0.304. The summed E-state index contributed by atoms with van der Waals surface area (Å²) in [6.45, 7) is 1.90. The number of aliphatic carboxylic acids is 1. The lowest BCUT2D eigenvalue weighted by atomic mass is 9.78. The maximum absolute atomic E-state index is 12.7. The molecule has 6 nitrogen and oxygen atoms in total. The second-order valence-corrected chi connectivity index (χ2v) is 7.63. The molecule has 0 bridgehead atoms. The summed E-state index contributed by atoms with van der Waals surface area (Å²) in [6, 6.07) is 13.3. The minimum absolute atomic E-state index is 0.216. The van der Waals surface area contributed by atoms with Crippen LogP contribution in [0.25, 0.3) is 10.9 Å². The summed E-state index contributed by atoms with van der Waals surface area (Å²) >= 11 is 0. The topological polar surface area (TPSA) is 91.4 Å². The maximum atomic E-state index is 12.7. The zero-order valence-electron chi connectivity index (χ0n) is 16.3. The highest BCUT2D eigenvalue weighted by Crippen LogP contribution is 2.33. The quantitative estimate of drug-likeness (QED) is 0.563. The van der Waals surface area contributed by atoms with Gasteiger partial charge < -0.3 is 20.1 Å². The highest BCUT2D eigenvalue weighted by Gasteiger charge is 2.35. The Bertz CT molecular complexity index is 1060. The van der Waals surface area contributed by atoms with Crippen molar-refractivity contribution >= 4 is 28.5 Å². The summed E-state index contributed by atoms with van der Waals surface area (Å²) in [5, 5.41) is 13.4. The molecule has 0 radical (unpaired) electrons. The van der Waals surface area contributed by atoms with Crippen molar-refractivity contribution in [3.05, 3.63) is 54.2 Å². The molecule has 1 aliphatic carbocycles. The number of carboxylic acids is 1. The third-order valence-corrected chi connectivity index (χ3v) is 5.64. The van der Waals surface area contributed by atoms with Gasteiger partial charge >= 0.3 is 5.97 Å². The lowest BCUT2D eigenvalue weighted by molar-refractivity contribution is -0.147. The zero-order valence-corrected chi connectivity index (χ0v) is 16.3. The van der Waals surface area contributed by atoms with Crippen LogP contribution in [0.4, 0.5) is 5.69 Å². The molecule has 4 rings (SSSR count). The van der Waals surface area contributed by atoms with Crippen molar-refractivity contribution in [2.24, 2.45) is 11.8 Å². The number of aromatic amines is 1. The van der Waals surface area contributed by atoms with Gasteiger partial charge in [0.25, 0.3) is 0 Å². The number of aryl methyl sites for hydroxylation is 1. The maximum Gasteiger partial charge on any atom is 0.307 e. The molecule has 1 heterocycles. The number of rotatable bonds is 5. The van der Waals surface area contributed by atoms with Crippen LogP contribution in [0.2, 0.25) is 0 Å². The minimum atomic E-state index is -0.885. The molecule has 29 heavy (non-hydrogen) atoms. The van der Waals surface area contributed by atoms with Crippen LogP contribution >= 0.6 is 0 Å². The van der Waals surface area contributed by atoms with Gasteiger partial charge in [-0.05, 0) is 67.8 Å². The molecule has 1 aromatic heterocycles. The smallest absolute Gasteiger partial charge is 0.307 e. The summed E-state index contributed by atoms with van der Waals surface area (Å²) in [7, 11) is 0. The minimum Gasteiger partial charge on any atom is -0.481 e. The molecule has 1 fully saturated rings. The Morgan fingerprint density at radius 1 is 1.03 bits per heavy atom. The summed E-state index contributed by atoms with van der Waals surface area (Å²) in [5.74, 6) is -0.771. The first-order valence-electron chi connectivity index (χ1n) is 9.90. The lowest BCUT2D eigenvalue weighted by Crippen LogP contribution is -2.36. The Balaban J connectivity index is 1.46. The second-order valence-electron chi connectivity index (χ2n) is 7.63. The van der Waals surface area contributed by atoms with Gasteiger partial charge in [0.1, 0.15) is 11.5 Å². The number of amides is 1. The van der Waals surface area contributed by atoms with E-state index in [1.165, 1.54) is 0 Å². The Hall–Kier alpha value is -3.28. The number of benzene rings is 2. The van der Waals surface area contributed by atoms with E-state index in [4.69, 9.17) is 4.74 Å². The van der Waals surface area contributed by atoms with Gasteiger partial charge in [0, 0.05) is 22.8 Å². The molecule has 2 aromatic carbocycles. The number of hydrogen-bond acceptors (Lipinski definition) is 3. The highest BCUT2D eigenvalue weighted by atomic mass is 16.5. The monoisotopic (exact) mass is 392 g/mol. The number of nitrogens with one attached hydrogen (secondary N) is 2. The first-order valence-corrected chi connectivity index (χ1v) is 9.90. The normalized spacial score (nSPS) is 19.1. The molecule has 6 heteroatoms. The standard InChI is InChI=1S/C23H24N2O4/c1-14-12-16(29-17-7-9-21-15(13-17)10-11-24-21)6-8-20(14)25-22(26)18-4-2-3-5-19(18)23(27)28/h6-13,18-19,24H,2-5H2,1H3,(H,25,26)(H,27,28). The van der Waals surface area contributed by atoms with Crippen LogP contribution < -0.4 is 10.1 Å². The number of anilines is 1. The van der Waals surface area contributed by atoms with Crippen molar-refractivity contribution in [1.29, 1.82) is 0 Å². The van der Waals surface area contributed by atoms with Crippen molar-refractivity contribution in [2.75, 3.05) is 5.32 Å². The Kier molecular flexibility index (Phi) is 5.25. The average Bonchev–Trinajstić information content (AvgIpc) is 3.18. The summed E-state index contributed by atoms with van der Waals surface area (Å²) < 4.78 is 5.96. The fourth-order valence-corrected chi connectivity index (χ4v) is 4.04. The van der Waals surface area contributed by atoms with Crippen molar-refractivity contribution in [2.45, 2.75) is 32.6 Å². The van der Waals surface area contributed by atoms with Crippen LogP contribution in [0.3, 0.4) is 0 Å². The van der Waals surface area contributed by atoms with Crippen molar-refractivity contribution in [1.82, 2.24) is 4.98 Å². The fourth-order valence-electron chi connectivity index (χ4n) is 4.04. The van der Waals surface area contributed by atoms with Gasteiger partial charge in [-0.15, -0.1) is 0 Å². The predicted octanol–water partition coefficient (Wildman–Crippen LogP) is 5.10. The van der Waals surface area contributed by atoms with Gasteiger partial charge in [0.05, 0.1) is 11.8 Å². The average molecular weight is 392 g/mol. The van der Waals surface area contributed by atoms with Crippen LogP contribution in [0.15, 0.2) is 48.7 Å². The number of hydrogen-bond donors (Lipinski definition) is 3. The molecule has 3 N–H and O–H groups in total. The number of ether oxygens (including phenoxy) is 1. The number of carbonyl (C=O) groups excluding carboxylic acids is 1. The van der Waals surface area contributed by atoms with Crippen LogP contribution in [-0.4, -0.2) is 22.0 Å². The van der Waals surface area contributed by atoms with Gasteiger partial charge in [-0.1, -0.05) is 12.8 Å². The largest absolute Gasteiger partial charge is 0.481 e. The van der Waals surface area contributed by atoms with Crippen LogP contribution in [0, 0.1) is 18.8 Å². The number of carboxylic acid groups (broad SMARTS) is 1. The molecule has 150 valence electrons. The first kappa shape index (κ1) is 19.1. The van der Waals surface area contributed by atoms with Gasteiger partial charge in [0.15, 0.2) is 0 Å². The summed E-state index contributed by atoms with van der Waals surface area (Å²) in [4.78, 5) is 27.3. The molecular formula is C23H24N2O4. The molecule has 2 atom stereocenters. The van der Waals surface area contributed by atoms with Gasteiger partial charge in [-0.3, -0.25) is 9.59 Å². The SMILES string of the molecule is Cc1cc(Oc2ccc3[nH]ccc3c2)ccc1NC(=O)C1CCCCC1C(=O)O. The van der Waals surface area contributed by atoms with Crippen molar-refractivity contribution in [3.63, 3.8) is 0 Å². The van der Waals surface area contributed by atoms with E-state index in [-0.39, 0.29) is 5.91 Å². The number of fused-ring (bicyclic) bond motifs is 1. The third kappa shape index (κ3) is 4.11. The van der Waals surface area contributed by atoms with E-state index in [1.54, 1.807) is 12.1 Å². The number of aromatic nitrogens is 1. The van der Waals surface area contributed by atoms with E-state index in [1.807, 2.05) is 43.5 Å². The van der Waals surface area contributed by atoms with Crippen molar-refractivity contribution in [3.8, 4) is 11.5 Å². The third-order valence-electron chi connectivity index (χ3n) is 5.64. The Morgan fingerprint density at radius 2 is 1.76 bits per heavy atom. The molecule has 2 unspecified atom stereocenters. The van der Waals surface area contributed by atoms with Crippen LogP contribution in [0.5, 0.6) is 11.5 Å². The Labute approximate surface area is 168 Å². The molecule has 3 aromatic rings. The van der Waals surface area contributed by atoms with E-state index >= 15 is 0 Å². The first-order chi connectivity index (χ1) is 14.0. The molecule has 1 amide bonds. The van der Waals surface area contributed by atoms with E-state index in [2.05, 4.69) is 10.3 Å². The summed E-state index contributed by atoms with van der Waals surface area (Å²) in [6.07, 6.45) is 4.81. The predicted molar refractivity (Wildman–Crippen MR) is 111 cm³/mol. The molecule has 0 aliphatic heterocycles. The van der Waals surface area contributed by atoms with E-state index in [0.29, 0.717) is 24.3 Å². The van der Waals surface area contributed by atoms with Crippen molar-refractivity contribution < 1.29 is 19.4 Å². The molecule has 0 saturated heterocycles. The van der Waals surface area contributed by atoms with Gasteiger partial charge in [-0.2, -0.15) is 0 Å². The van der Waals surface area contributed by atoms with Crippen LogP contribution in [-0.2, 0) is 9.59 Å². The lowest BCUT2D eigenvalue weighted by Gasteiger charge is -2.27. The molecule has 0 spiro atoms.